The number of unbranched alkanes of at least 4 members (excludes halogenated alkanes) is 1. The summed E-state index contributed by atoms with van der Waals surface area (Å²) in [6, 6.07) is 3.26. The Bertz CT molecular complexity index is 715. The second kappa shape index (κ2) is 7.93. The standard InChI is InChI=1S/C18H23BO7/c1-5-6-7-24-15-12(8-11(2)9-14(15)19(22)23)10-13-16(20)25-18(3,4)26-17(13)21/h8-10,22-23H,5-7H2,1-4H3. The summed E-state index contributed by atoms with van der Waals surface area (Å²) >= 11 is 0. The predicted molar refractivity (Wildman–Crippen MR) is 95.6 cm³/mol. The van der Waals surface area contributed by atoms with Crippen molar-refractivity contribution in [3.8, 4) is 5.75 Å². The fourth-order valence-corrected chi connectivity index (χ4v) is 2.55. The molecular weight excluding hydrogens is 339 g/mol. The number of aryl methyl sites for hydroxylation is 1. The first kappa shape index (κ1) is 20.0. The third-order valence-corrected chi connectivity index (χ3v) is 3.73. The Balaban J connectivity index is 2.50. The van der Waals surface area contributed by atoms with Crippen molar-refractivity contribution >= 4 is 30.6 Å². The largest absolute Gasteiger partial charge is 0.493 e. The molecule has 0 saturated carbocycles. The van der Waals surface area contributed by atoms with Gasteiger partial charge in [-0.2, -0.15) is 0 Å². The van der Waals surface area contributed by atoms with E-state index in [1.165, 1.54) is 19.9 Å². The van der Waals surface area contributed by atoms with E-state index in [1.54, 1.807) is 19.1 Å². The maximum absolute atomic E-state index is 12.2. The smallest absolute Gasteiger partial charge is 0.492 e. The van der Waals surface area contributed by atoms with Crippen LogP contribution in [-0.4, -0.2) is 41.5 Å². The highest BCUT2D eigenvalue weighted by atomic mass is 16.7. The SMILES string of the molecule is CCCCOc1c(C=C2C(=O)OC(C)(C)OC2=O)cc(C)cc1B(O)O. The number of hydrogen-bond acceptors (Lipinski definition) is 7. The van der Waals surface area contributed by atoms with Crippen LogP contribution in [0.3, 0.4) is 0 Å². The molecule has 2 rings (SSSR count). The molecule has 0 aromatic heterocycles. The minimum atomic E-state index is -1.76. The Morgan fingerprint density at radius 2 is 1.81 bits per heavy atom. The highest BCUT2D eigenvalue weighted by Crippen LogP contribution is 2.27. The zero-order chi connectivity index (χ0) is 19.5. The number of carbonyl (C=O) groups is 2. The summed E-state index contributed by atoms with van der Waals surface area (Å²) in [6.07, 6.45) is 2.95. The number of esters is 2. The van der Waals surface area contributed by atoms with E-state index in [1.807, 2.05) is 6.92 Å². The Morgan fingerprint density at radius 1 is 1.19 bits per heavy atom. The monoisotopic (exact) mass is 362 g/mol. The molecule has 1 aliphatic heterocycles. The molecule has 26 heavy (non-hydrogen) atoms. The Labute approximate surface area is 152 Å². The van der Waals surface area contributed by atoms with Crippen LogP contribution in [0.4, 0.5) is 0 Å². The number of cyclic esters (lactones) is 2. The van der Waals surface area contributed by atoms with Crippen LogP contribution in [-0.2, 0) is 19.1 Å². The molecule has 1 saturated heterocycles. The van der Waals surface area contributed by atoms with Crippen LogP contribution in [0.5, 0.6) is 5.75 Å². The van der Waals surface area contributed by atoms with Crippen LogP contribution in [0.25, 0.3) is 6.08 Å². The molecule has 7 nitrogen and oxygen atoms in total. The van der Waals surface area contributed by atoms with Crippen molar-refractivity contribution in [1.82, 2.24) is 0 Å². The van der Waals surface area contributed by atoms with Crippen LogP contribution in [0, 0.1) is 6.92 Å². The quantitative estimate of drug-likeness (QED) is 0.257. The fourth-order valence-electron chi connectivity index (χ4n) is 2.55. The zero-order valence-corrected chi connectivity index (χ0v) is 15.4. The van der Waals surface area contributed by atoms with E-state index >= 15 is 0 Å². The zero-order valence-electron chi connectivity index (χ0n) is 15.4. The van der Waals surface area contributed by atoms with Crippen LogP contribution in [0.1, 0.15) is 44.7 Å². The van der Waals surface area contributed by atoms with Gasteiger partial charge in [-0.1, -0.05) is 25.0 Å². The lowest BCUT2D eigenvalue weighted by Crippen LogP contribution is -2.41. The maximum atomic E-state index is 12.2. The second-order valence-electron chi connectivity index (χ2n) is 6.59. The van der Waals surface area contributed by atoms with Gasteiger partial charge in [0.05, 0.1) is 6.61 Å². The lowest BCUT2D eigenvalue weighted by molar-refractivity contribution is -0.222. The Morgan fingerprint density at radius 3 is 2.35 bits per heavy atom. The van der Waals surface area contributed by atoms with E-state index < -0.39 is 24.8 Å². The molecule has 1 heterocycles. The third-order valence-electron chi connectivity index (χ3n) is 3.73. The molecule has 0 radical (unpaired) electrons. The van der Waals surface area contributed by atoms with E-state index in [0.717, 1.165) is 12.8 Å². The molecule has 0 atom stereocenters. The highest BCUT2D eigenvalue weighted by molar-refractivity contribution is 6.60. The first-order valence-corrected chi connectivity index (χ1v) is 8.46. The molecule has 1 aromatic rings. The first-order valence-electron chi connectivity index (χ1n) is 8.46. The van der Waals surface area contributed by atoms with Gasteiger partial charge in [0.2, 0.25) is 0 Å². The summed E-state index contributed by atoms with van der Waals surface area (Å²) in [7, 11) is -1.76. The summed E-state index contributed by atoms with van der Waals surface area (Å²) in [5.74, 6) is -2.74. The van der Waals surface area contributed by atoms with Crippen LogP contribution in [0.15, 0.2) is 17.7 Å². The van der Waals surface area contributed by atoms with Gasteiger partial charge in [-0.25, -0.2) is 9.59 Å². The average molecular weight is 362 g/mol. The van der Waals surface area contributed by atoms with Gasteiger partial charge in [-0.15, -0.1) is 0 Å². The number of benzene rings is 1. The predicted octanol–water partition coefficient (Wildman–Crippen LogP) is 1.07. The van der Waals surface area contributed by atoms with Crippen molar-refractivity contribution in [2.45, 2.75) is 46.3 Å². The lowest BCUT2D eigenvalue weighted by atomic mass is 9.77. The topological polar surface area (TPSA) is 102 Å². The minimum absolute atomic E-state index is 0.158. The van der Waals surface area contributed by atoms with E-state index in [-0.39, 0.29) is 16.8 Å². The molecule has 0 bridgehead atoms. The van der Waals surface area contributed by atoms with Gasteiger partial charge in [0.1, 0.15) is 11.3 Å². The van der Waals surface area contributed by atoms with Gasteiger partial charge in [-0.05, 0) is 25.5 Å². The van der Waals surface area contributed by atoms with Gasteiger partial charge < -0.3 is 24.3 Å². The number of hydrogen-bond donors (Lipinski definition) is 2. The minimum Gasteiger partial charge on any atom is -0.493 e. The second-order valence-corrected chi connectivity index (χ2v) is 6.59. The van der Waals surface area contributed by atoms with E-state index in [0.29, 0.717) is 17.7 Å². The van der Waals surface area contributed by atoms with Gasteiger partial charge in [0, 0.05) is 24.9 Å². The summed E-state index contributed by atoms with van der Waals surface area (Å²) < 4.78 is 15.9. The van der Waals surface area contributed by atoms with E-state index in [4.69, 9.17) is 14.2 Å². The van der Waals surface area contributed by atoms with Crippen molar-refractivity contribution in [3.05, 3.63) is 28.8 Å². The van der Waals surface area contributed by atoms with Gasteiger partial charge >= 0.3 is 19.1 Å². The molecule has 0 amide bonds. The fraction of sp³-hybridized carbons (Fsp3) is 0.444. The maximum Gasteiger partial charge on any atom is 0.492 e. The van der Waals surface area contributed by atoms with Gasteiger partial charge in [0.15, 0.2) is 0 Å². The summed E-state index contributed by atoms with van der Waals surface area (Å²) in [4.78, 5) is 24.3. The summed E-state index contributed by atoms with van der Waals surface area (Å²) in [5.41, 5.74) is 0.952. The molecular formula is C18H23BO7. The molecule has 1 aliphatic rings. The Hall–Kier alpha value is -2.32. The molecule has 1 fully saturated rings. The van der Waals surface area contributed by atoms with Crippen LogP contribution in [0.2, 0.25) is 0 Å². The molecule has 0 unspecified atom stereocenters. The normalized spacial score (nSPS) is 16.0. The molecule has 1 aromatic carbocycles. The average Bonchev–Trinajstić information content (AvgIpc) is 2.51. The number of ether oxygens (including phenoxy) is 3. The summed E-state index contributed by atoms with van der Waals surface area (Å²) in [6.45, 7) is 7.04. The summed E-state index contributed by atoms with van der Waals surface area (Å²) in [5, 5.41) is 19.3. The Kier molecular flexibility index (Phi) is 6.10. The van der Waals surface area contributed by atoms with E-state index in [9.17, 15) is 19.6 Å². The number of rotatable bonds is 6. The van der Waals surface area contributed by atoms with Gasteiger partial charge in [-0.3, -0.25) is 0 Å². The first-order chi connectivity index (χ1) is 12.1. The van der Waals surface area contributed by atoms with Crippen molar-refractivity contribution < 1.29 is 33.8 Å². The lowest BCUT2D eigenvalue weighted by Gasteiger charge is -2.29. The van der Waals surface area contributed by atoms with Crippen molar-refractivity contribution in [2.75, 3.05) is 6.61 Å². The highest BCUT2D eigenvalue weighted by Gasteiger charge is 2.39. The number of carbonyl (C=O) groups excluding carboxylic acids is 2. The van der Waals surface area contributed by atoms with E-state index in [2.05, 4.69) is 0 Å². The van der Waals surface area contributed by atoms with Crippen LogP contribution >= 0.6 is 0 Å². The van der Waals surface area contributed by atoms with Crippen LogP contribution < -0.4 is 10.2 Å². The molecule has 2 N–H and O–H groups in total. The molecule has 0 aliphatic carbocycles. The molecule has 8 heteroatoms. The van der Waals surface area contributed by atoms with Crippen molar-refractivity contribution in [1.29, 1.82) is 0 Å². The molecule has 140 valence electrons. The van der Waals surface area contributed by atoms with Gasteiger partial charge in [0.25, 0.3) is 5.79 Å². The third kappa shape index (κ3) is 4.65. The van der Waals surface area contributed by atoms with Crippen molar-refractivity contribution in [2.24, 2.45) is 0 Å². The van der Waals surface area contributed by atoms with Crippen molar-refractivity contribution in [3.63, 3.8) is 0 Å². The molecule has 0 spiro atoms.